The molecule has 1 rings (SSSR count). The minimum atomic E-state index is -3.13. The van der Waals surface area contributed by atoms with Crippen LogP contribution in [0.5, 0.6) is 5.75 Å². The second kappa shape index (κ2) is 6.72. The summed E-state index contributed by atoms with van der Waals surface area (Å²) in [6.07, 6.45) is -2.94. The van der Waals surface area contributed by atoms with Gasteiger partial charge < -0.3 is 4.74 Å². The molecule has 0 aliphatic carbocycles. The van der Waals surface area contributed by atoms with Gasteiger partial charge in [0.15, 0.2) is 0 Å². The van der Waals surface area contributed by atoms with Crippen LogP contribution in [-0.2, 0) is 11.2 Å². The third-order valence-electron chi connectivity index (χ3n) is 2.10. The Morgan fingerprint density at radius 1 is 1.28 bits per heavy atom. The molecular formula is C11H9BrF4O2. The number of alkyl halides is 5. The maximum Gasteiger partial charge on any atom is 0.387 e. The van der Waals surface area contributed by atoms with Gasteiger partial charge in [-0.1, -0.05) is 28.1 Å². The van der Waals surface area contributed by atoms with Gasteiger partial charge in [-0.25, -0.2) is 8.78 Å². The molecule has 7 heteroatoms. The summed E-state index contributed by atoms with van der Waals surface area (Å²) in [5.41, 5.74) is -0.273. The number of Topliss-reactive ketones (excluding diaryl/α,β-unsaturated/α-hetero) is 1. The van der Waals surface area contributed by atoms with E-state index in [0.29, 0.717) is 0 Å². The Bertz CT molecular complexity index is 424. The van der Waals surface area contributed by atoms with E-state index in [4.69, 9.17) is 0 Å². The number of carbonyl (C=O) groups is 1. The summed E-state index contributed by atoms with van der Waals surface area (Å²) in [5, 5.41) is 0.0533. The van der Waals surface area contributed by atoms with E-state index in [2.05, 4.69) is 20.7 Å². The maximum absolute atomic E-state index is 12.4. The van der Waals surface area contributed by atoms with Crippen molar-refractivity contribution in [2.75, 3.05) is 5.33 Å². The number of ether oxygens (including phenoxy) is 1. The first kappa shape index (κ1) is 14.9. The van der Waals surface area contributed by atoms with Gasteiger partial charge in [0, 0.05) is 17.5 Å². The first-order chi connectivity index (χ1) is 8.43. The first-order valence-corrected chi connectivity index (χ1v) is 5.99. The van der Waals surface area contributed by atoms with Crippen LogP contribution in [0.25, 0.3) is 0 Å². The molecule has 0 amide bonds. The van der Waals surface area contributed by atoms with E-state index in [1.165, 1.54) is 6.07 Å². The predicted molar refractivity (Wildman–Crippen MR) is 60.5 cm³/mol. The van der Waals surface area contributed by atoms with Crippen LogP contribution >= 0.6 is 15.9 Å². The van der Waals surface area contributed by atoms with Gasteiger partial charge in [0.05, 0.1) is 5.33 Å². The molecule has 0 radical (unpaired) electrons. The molecule has 0 bridgehead atoms. The monoisotopic (exact) mass is 328 g/mol. The lowest BCUT2D eigenvalue weighted by Gasteiger charge is -2.11. The lowest BCUT2D eigenvalue weighted by Crippen LogP contribution is -2.09. The van der Waals surface area contributed by atoms with Crippen molar-refractivity contribution in [2.45, 2.75) is 19.5 Å². The number of halogens is 5. The number of hydrogen-bond donors (Lipinski definition) is 0. The molecular weight excluding hydrogens is 320 g/mol. The minimum absolute atomic E-state index is 0.0533. The third-order valence-corrected chi connectivity index (χ3v) is 2.72. The van der Waals surface area contributed by atoms with Crippen molar-refractivity contribution >= 4 is 21.7 Å². The van der Waals surface area contributed by atoms with Crippen molar-refractivity contribution < 1.29 is 27.1 Å². The average Bonchev–Trinajstić information content (AvgIpc) is 2.30. The van der Waals surface area contributed by atoms with Gasteiger partial charge in [-0.15, -0.1) is 0 Å². The van der Waals surface area contributed by atoms with Gasteiger partial charge in [-0.3, -0.25) is 4.79 Å². The molecule has 0 heterocycles. The van der Waals surface area contributed by atoms with E-state index in [1.807, 2.05) is 0 Å². The van der Waals surface area contributed by atoms with Gasteiger partial charge in [0.25, 0.3) is 6.43 Å². The summed E-state index contributed by atoms with van der Waals surface area (Å²) < 4.78 is 53.3. The molecule has 0 saturated heterocycles. The molecule has 0 unspecified atom stereocenters. The average molecular weight is 329 g/mol. The number of ketones is 1. The zero-order valence-electron chi connectivity index (χ0n) is 9.01. The lowest BCUT2D eigenvalue weighted by atomic mass is 10.1. The Balaban J connectivity index is 3.04. The van der Waals surface area contributed by atoms with Crippen molar-refractivity contribution in [3.63, 3.8) is 0 Å². The standard InChI is InChI=1S/C11H9BrF4O2/c12-5-8(17)3-6-1-2-7(10(13)14)4-9(6)18-11(15)16/h1-2,4,10-11H,3,5H2. The second-order valence-corrected chi connectivity index (χ2v) is 3.96. The van der Waals surface area contributed by atoms with Crippen LogP contribution in [0.1, 0.15) is 17.6 Å². The molecule has 1 aromatic rings. The summed E-state index contributed by atoms with van der Waals surface area (Å²) in [6, 6.07) is 3.10. The zero-order valence-corrected chi connectivity index (χ0v) is 10.6. The summed E-state index contributed by atoms with van der Waals surface area (Å²) in [6.45, 7) is -3.13. The molecule has 0 N–H and O–H groups in total. The van der Waals surface area contributed by atoms with Gasteiger partial charge in [-0.05, 0) is 6.07 Å². The van der Waals surface area contributed by atoms with Crippen LogP contribution in [0, 0.1) is 0 Å². The fraction of sp³-hybridized carbons (Fsp3) is 0.364. The quantitative estimate of drug-likeness (QED) is 0.587. The summed E-state index contributed by atoms with van der Waals surface area (Å²) in [7, 11) is 0. The highest BCUT2D eigenvalue weighted by molar-refractivity contribution is 9.09. The molecule has 0 atom stereocenters. The van der Waals surface area contributed by atoms with Gasteiger partial charge in [0.1, 0.15) is 11.5 Å². The third kappa shape index (κ3) is 4.29. The number of benzene rings is 1. The fourth-order valence-electron chi connectivity index (χ4n) is 1.32. The Hall–Kier alpha value is -1.11. The largest absolute Gasteiger partial charge is 0.435 e. The van der Waals surface area contributed by atoms with Crippen molar-refractivity contribution in [1.29, 1.82) is 0 Å². The highest BCUT2D eigenvalue weighted by Gasteiger charge is 2.16. The summed E-state index contributed by atoms with van der Waals surface area (Å²) in [5.74, 6) is -0.656. The van der Waals surface area contributed by atoms with Gasteiger partial charge in [-0.2, -0.15) is 8.78 Å². The van der Waals surface area contributed by atoms with Crippen LogP contribution in [0.3, 0.4) is 0 Å². The highest BCUT2D eigenvalue weighted by Crippen LogP contribution is 2.28. The second-order valence-electron chi connectivity index (χ2n) is 3.40. The molecule has 0 aliphatic rings. The minimum Gasteiger partial charge on any atom is -0.435 e. The topological polar surface area (TPSA) is 26.3 Å². The van der Waals surface area contributed by atoms with E-state index >= 15 is 0 Å². The molecule has 0 aliphatic heterocycles. The summed E-state index contributed by atoms with van der Waals surface area (Å²) in [4.78, 5) is 11.2. The van der Waals surface area contributed by atoms with Crippen LogP contribution in [0.4, 0.5) is 17.6 Å². The van der Waals surface area contributed by atoms with E-state index in [9.17, 15) is 22.4 Å². The van der Waals surface area contributed by atoms with E-state index in [-0.39, 0.29) is 23.1 Å². The molecule has 18 heavy (non-hydrogen) atoms. The van der Waals surface area contributed by atoms with Crippen LogP contribution in [-0.4, -0.2) is 17.7 Å². The van der Waals surface area contributed by atoms with Crippen LogP contribution in [0.15, 0.2) is 18.2 Å². The Labute approximate surface area is 109 Å². The molecule has 0 spiro atoms. The van der Waals surface area contributed by atoms with Gasteiger partial charge in [0.2, 0.25) is 0 Å². The maximum atomic E-state index is 12.4. The van der Waals surface area contributed by atoms with Crippen molar-refractivity contribution in [1.82, 2.24) is 0 Å². The van der Waals surface area contributed by atoms with Crippen LogP contribution in [0.2, 0.25) is 0 Å². The first-order valence-electron chi connectivity index (χ1n) is 4.87. The molecule has 1 aromatic carbocycles. The smallest absolute Gasteiger partial charge is 0.387 e. The molecule has 2 nitrogen and oxygen atoms in total. The Morgan fingerprint density at radius 3 is 2.44 bits per heavy atom. The number of hydrogen-bond acceptors (Lipinski definition) is 2. The van der Waals surface area contributed by atoms with Crippen molar-refractivity contribution in [3.8, 4) is 5.75 Å². The van der Waals surface area contributed by atoms with E-state index in [1.54, 1.807) is 0 Å². The van der Waals surface area contributed by atoms with Gasteiger partial charge >= 0.3 is 6.61 Å². The Morgan fingerprint density at radius 2 is 1.94 bits per heavy atom. The lowest BCUT2D eigenvalue weighted by molar-refractivity contribution is -0.116. The van der Waals surface area contributed by atoms with Crippen molar-refractivity contribution in [2.24, 2.45) is 0 Å². The molecule has 0 aromatic heterocycles. The van der Waals surface area contributed by atoms with Crippen molar-refractivity contribution in [3.05, 3.63) is 29.3 Å². The normalized spacial score (nSPS) is 11.1. The highest BCUT2D eigenvalue weighted by atomic mass is 79.9. The van der Waals surface area contributed by atoms with E-state index in [0.717, 1.165) is 12.1 Å². The fourth-order valence-corrected chi connectivity index (χ4v) is 1.52. The predicted octanol–water partition coefficient (Wildman–Crippen LogP) is 3.73. The molecule has 100 valence electrons. The zero-order chi connectivity index (χ0) is 13.7. The Kier molecular flexibility index (Phi) is 5.58. The SMILES string of the molecule is O=C(CBr)Cc1ccc(C(F)F)cc1OC(F)F. The van der Waals surface area contributed by atoms with Crippen LogP contribution < -0.4 is 4.74 Å². The molecule has 0 saturated carbocycles. The summed E-state index contributed by atoms with van der Waals surface area (Å²) >= 11 is 2.93. The van der Waals surface area contributed by atoms with E-state index < -0.39 is 24.3 Å². The molecule has 0 fully saturated rings. The number of rotatable bonds is 6. The number of carbonyl (C=O) groups excluding carboxylic acids is 1.